The Kier molecular flexibility index (Phi) is 5.39. The SMILES string of the molecule is Nc1nc(-c2cccc(NC(=O)c3c(F)cccc3F)c2)c(-c2ccnc(Cl)n2)s1. The predicted molar refractivity (Wildman–Crippen MR) is 112 cm³/mol. The van der Waals surface area contributed by atoms with Crippen LogP contribution in [0.4, 0.5) is 19.6 Å². The second kappa shape index (κ2) is 8.13. The van der Waals surface area contributed by atoms with Crippen molar-refractivity contribution < 1.29 is 13.6 Å². The van der Waals surface area contributed by atoms with Crippen molar-refractivity contribution in [2.75, 3.05) is 11.1 Å². The summed E-state index contributed by atoms with van der Waals surface area (Å²) in [6.45, 7) is 0. The van der Waals surface area contributed by atoms with E-state index in [0.717, 1.165) is 12.1 Å². The number of thiazole rings is 1. The third kappa shape index (κ3) is 3.98. The van der Waals surface area contributed by atoms with E-state index in [9.17, 15) is 13.6 Å². The number of nitrogens with two attached hydrogens (primary N) is 1. The fourth-order valence-corrected chi connectivity index (χ4v) is 3.79. The minimum Gasteiger partial charge on any atom is -0.375 e. The molecule has 0 saturated carbocycles. The molecule has 0 aliphatic heterocycles. The maximum Gasteiger partial charge on any atom is 0.261 e. The Morgan fingerprint density at radius 2 is 1.80 bits per heavy atom. The van der Waals surface area contributed by atoms with Gasteiger partial charge in [-0.2, -0.15) is 0 Å². The van der Waals surface area contributed by atoms with Crippen LogP contribution in [0.3, 0.4) is 0 Å². The molecule has 4 rings (SSSR count). The highest BCUT2D eigenvalue weighted by Gasteiger charge is 2.19. The molecule has 2 aromatic carbocycles. The summed E-state index contributed by atoms with van der Waals surface area (Å²) in [6.07, 6.45) is 1.52. The number of hydrogen-bond donors (Lipinski definition) is 2. The number of nitrogens with one attached hydrogen (secondary N) is 1. The second-order valence-corrected chi connectivity index (χ2v) is 7.44. The minimum absolute atomic E-state index is 0.0818. The van der Waals surface area contributed by atoms with E-state index in [1.165, 1.54) is 23.6 Å². The first kappa shape index (κ1) is 19.9. The molecule has 150 valence electrons. The van der Waals surface area contributed by atoms with E-state index in [-0.39, 0.29) is 5.28 Å². The Morgan fingerprint density at radius 1 is 1.07 bits per heavy atom. The van der Waals surface area contributed by atoms with Crippen LogP contribution in [0.15, 0.2) is 54.7 Å². The average molecular weight is 444 g/mol. The number of carbonyl (C=O) groups excluding carboxylic acids is 1. The second-order valence-electron chi connectivity index (χ2n) is 6.07. The highest BCUT2D eigenvalue weighted by molar-refractivity contribution is 7.19. The number of amides is 1. The van der Waals surface area contributed by atoms with Crippen molar-refractivity contribution in [2.45, 2.75) is 0 Å². The van der Waals surface area contributed by atoms with Gasteiger partial charge in [-0.05, 0) is 41.9 Å². The summed E-state index contributed by atoms with van der Waals surface area (Å²) in [4.78, 5) is 25.4. The number of benzene rings is 2. The topological polar surface area (TPSA) is 93.8 Å². The van der Waals surface area contributed by atoms with Crippen molar-refractivity contribution in [2.24, 2.45) is 0 Å². The van der Waals surface area contributed by atoms with Gasteiger partial charge in [-0.1, -0.05) is 29.5 Å². The Labute approximate surface area is 178 Å². The molecule has 3 N–H and O–H groups in total. The minimum atomic E-state index is -0.946. The number of rotatable bonds is 4. The summed E-state index contributed by atoms with van der Waals surface area (Å²) in [5, 5.41) is 2.90. The van der Waals surface area contributed by atoms with Gasteiger partial charge in [-0.25, -0.2) is 23.7 Å². The summed E-state index contributed by atoms with van der Waals surface area (Å²) in [6, 6.07) is 11.6. The Bertz CT molecular complexity index is 1240. The first-order valence-electron chi connectivity index (χ1n) is 8.53. The lowest BCUT2D eigenvalue weighted by Crippen LogP contribution is -2.15. The van der Waals surface area contributed by atoms with Crippen LogP contribution in [-0.2, 0) is 0 Å². The lowest BCUT2D eigenvalue weighted by atomic mass is 10.1. The van der Waals surface area contributed by atoms with Gasteiger partial charge in [0.1, 0.15) is 17.2 Å². The molecule has 0 atom stereocenters. The van der Waals surface area contributed by atoms with Crippen LogP contribution in [-0.4, -0.2) is 20.9 Å². The van der Waals surface area contributed by atoms with Crippen LogP contribution in [0.2, 0.25) is 5.28 Å². The molecule has 6 nitrogen and oxygen atoms in total. The van der Waals surface area contributed by atoms with Crippen LogP contribution < -0.4 is 11.1 Å². The molecule has 0 bridgehead atoms. The number of anilines is 2. The van der Waals surface area contributed by atoms with Crippen LogP contribution in [0.1, 0.15) is 10.4 Å². The summed E-state index contributed by atoms with van der Waals surface area (Å²) < 4.78 is 27.8. The molecular formula is C20H12ClF2N5OS. The van der Waals surface area contributed by atoms with E-state index in [1.54, 1.807) is 30.3 Å². The third-order valence-electron chi connectivity index (χ3n) is 4.09. The molecule has 0 aliphatic carbocycles. The van der Waals surface area contributed by atoms with Crippen molar-refractivity contribution in [3.05, 3.63) is 77.2 Å². The number of hydrogen-bond acceptors (Lipinski definition) is 6. The van der Waals surface area contributed by atoms with E-state index in [2.05, 4.69) is 20.3 Å². The molecule has 0 spiro atoms. The summed E-state index contributed by atoms with van der Waals surface area (Å²) in [7, 11) is 0. The predicted octanol–water partition coefficient (Wildman–Crippen LogP) is 5.03. The smallest absolute Gasteiger partial charge is 0.261 e. The van der Waals surface area contributed by atoms with Crippen molar-refractivity contribution >= 4 is 39.7 Å². The molecule has 1 amide bonds. The van der Waals surface area contributed by atoms with Crippen LogP contribution in [0.5, 0.6) is 0 Å². The third-order valence-corrected chi connectivity index (χ3v) is 5.18. The molecule has 2 heterocycles. The largest absolute Gasteiger partial charge is 0.375 e. The van der Waals surface area contributed by atoms with Crippen molar-refractivity contribution in [3.8, 4) is 21.8 Å². The first-order valence-corrected chi connectivity index (χ1v) is 9.73. The van der Waals surface area contributed by atoms with E-state index < -0.39 is 23.1 Å². The molecule has 2 aromatic heterocycles. The molecule has 0 saturated heterocycles. The zero-order chi connectivity index (χ0) is 21.3. The first-order chi connectivity index (χ1) is 14.4. The zero-order valence-corrected chi connectivity index (χ0v) is 16.6. The van der Waals surface area contributed by atoms with Crippen LogP contribution >= 0.6 is 22.9 Å². The van der Waals surface area contributed by atoms with E-state index >= 15 is 0 Å². The monoisotopic (exact) mass is 443 g/mol. The van der Waals surface area contributed by atoms with Gasteiger partial charge >= 0.3 is 0 Å². The molecular weight excluding hydrogens is 432 g/mol. The molecule has 0 radical (unpaired) electrons. The number of halogens is 3. The summed E-state index contributed by atoms with van der Waals surface area (Å²) in [5.74, 6) is -2.79. The Morgan fingerprint density at radius 3 is 2.53 bits per heavy atom. The van der Waals surface area contributed by atoms with Gasteiger partial charge in [0, 0.05) is 17.4 Å². The molecule has 0 fully saturated rings. The number of carbonyl (C=O) groups is 1. The van der Waals surface area contributed by atoms with E-state index in [0.29, 0.717) is 32.6 Å². The number of aromatic nitrogens is 3. The Hall–Kier alpha value is -3.43. The number of nitrogen functional groups attached to an aromatic ring is 1. The molecule has 0 unspecified atom stereocenters. The number of nitrogens with zero attached hydrogens (tertiary/aromatic N) is 3. The zero-order valence-electron chi connectivity index (χ0n) is 15.1. The quantitative estimate of drug-likeness (QED) is 0.431. The van der Waals surface area contributed by atoms with Gasteiger partial charge in [0.25, 0.3) is 5.91 Å². The van der Waals surface area contributed by atoms with Crippen LogP contribution in [0.25, 0.3) is 21.8 Å². The lowest BCUT2D eigenvalue weighted by molar-refractivity contribution is 0.101. The van der Waals surface area contributed by atoms with E-state index in [1.807, 2.05) is 0 Å². The molecule has 0 aliphatic rings. The normalized spacial score (nSPS) is 10.8. The van der Waals surface area contributed by atoms with Gasteiger partial charge in [-0.3, -0.25) is 4.79 Å². The van der Waals surface area contributed by atoms with Gasteiger partial charge in [0.2, 0.25) is 5.28 Å². The average Bonchev–Trinajstić information content (AvgIpc) is 3.10. The Balaban J connectivity index is 1.69. The molecule has 10 heteroatoms. The van der Waals surface area contributed by atoms with Crippen molar-refractivity contribution in [1.29, 1.82) is 0 Å². The van der Waals surface area contributed by atoms with Gasteiger partial charge < -0.3 is 11.1 Å². The highest BCUT2D eigenvalue weighted by atomic mass is 35.5. The van der Waals surface area contributed by atoms with Crippen LogP contribution in [0, 0.1) is 11.6 Å². The fourth-order valence-electron chi connectivity index (χ4n) is 2.82. The van der Waals surface area contributed by atoms with Crippen molar-refractivity contribution in [1.82, 2.24) is 15.0 Å². The standard InChI is InChI=1S/C20H12ClF2N5OS/c21-19-25-8-7-14(27-19)17-16(28-20(24)30-17)10-3-1-4-11(9-10)26-18(29)15-12(22)5-2-6-13(15)23/h1-9H,(H2,24,28)(H,26,29). The van der Waals surface area contributed by atoms with Crippen molar-refractivity contribution in [3.63, 3.8) is 0 Å². The van der Waals surface area contributed by atoms with E-state index in [4.69, 9.17) is 17.3 Å². The fraction of sp³-hybridized carbons (Fsp3) is 0. The maximum atomic E-state index is 13.9. The summed E-state index contributed by atoms with van der Waals surface area (Å²) in [5.41, 5.74) is 7.27. The highest BCUT2D eigenvalue weighted by Crippen LogP contribution is 2.38. The molecule has 30 heavy (non-hydrogen) atoms. The molecule has 4 aromatic rings. The van der Waals surface area contributed by atoms with Gasteiger partial charge in [0.15, 0.2) is 5.13 Å². The maximum absolute atomic E-state index is 13.9. The summed E-state index contributed by atoms with van der Waals surface area (Å²) >= 11 is 7.11. The van der Waals surface area contributed by atoms with Gasteiger partial charge in [-0.15, -0.1) is 0 Å². The lowest BCUT2D eigenvalue weighted by Gasteiger charge is -2.09. The van der Waals surface area contributed by atoms with Gasteiger partial charge in [0.05, 0.1) is 16.3 Å².